The zero-order chi connectivity index (χ0) is 19.0. The minimum absolute atomic E-state index is 0.268. The van der Waals surface area contributed by atoms with E-state index < -0.39 is 9.28 Å². The molecule has 0 spiro atoms. The van der Waals surface area contributed by atoms with Crippen LogP contribution < -0.4 is 5.43 Å². The molecule has 4 rings (SSSR count). The van der Waals surface area contributed by atoms with Crippen LogP contribution in [0.4, 0.5) is 0 Å². The van der Waals surface area contributed by atoms with Crippen molar-refractivity contribution >= 4 is 15.0 Å². The molecule has 1 aromatic carbocycles. The van der Waals surface area contributed by atoms with E-state index >= 15 is 0 Å². The molecule has 2 aliphatic carbocycles. The van der Waals surface area contributed by atoms with E-state index in [2.05, 4.69) is 56.7 Å². The smallest absolute Gasteiger partial charge is 0.321 e. The molecule has 1 aliphatic heterocycles. The fraction of sp³-hybridized carbons (Fsp3) is 0.591. The lowest BCUT2D eigenvalue weighted by atomic mass is 9.74. The summed E-state index contributed by atoms with van der Waals surface area (Å²) >= 11 is 0. The Morgan fingerprint density at radius 2 is 2.00 bits per heavy atom. The van der Waals surface area contributed by atoms with Crippen LogP contribution in [0.25, 0.3) is 0 Å². The lowest BCUT2D eigenvalue weighted by Gasteiger charge is -2.34. The first-order valence-corrected chi connectivity index (χ1v) is 12.1. The van der Waals surface area contributed by atoms with Crippen LogP contribution in [0.2, 0.25) is 6.04 Å². The number of hydrogen-bond acceptors (Lipinski definition) is 4. The van der Waals surface area contributed by atoms with Gasteiger partial charge in [0, 0.05) is 25.3 Å². The fourth-order valence-corrected chi connectivity index (χ4v) is 7.15. The minimum atomic E-state index is -1.51. The first kappa shape index (κ1) is 18.9. The Hall–Kier alpha value is -1.43. The van der Waals surface area contributed by atoms with Crippen molar-refractivity contribution in [2.45, 2.75) is 52.2 Å². The highest BCUT2D eigenvalue weighted by Gasteiger charge is 2.51. The summed E-state index contributed by atoms with van der Waals surface area (Å²) in [6.07, 6.45) is 6.33. The van der Waals surface area contributed by atoms with E-state index in [4.69, 9.17) is 14.0 Å². The van der Waals surface area contributed by atoms with E-state index in [1.807, 2.05) is 7.11 Å². The van der Waals surface area contributed by atoms with E-state index in [1.54, 1.807) is 5.57 Å². The van der Waals surface area contributed by atoms with Gasteiger partial charge in [-0.1, -0.05) is 29.8 Å². The summed E-state index contributed by atoms with van der Waals surface area (Å²) < 4.78 is 11.7. The monoisotopic (exact) mass is 384 g/mol. The van der Waals surface area contributed by atoms with Gasteiger partial charge in [0.25, 0.3) is 0 Å². The Morgan fingerprint density at radius 1 is 1.22 bits per heavy atom. The molecule has 5 atom stereocenters. The average Bonchev–Trinajstić information content (AvgIpc) is 3.24. The van der Waals surface area contributed by atoms with Gasteiger partial charge in [-0.05, 0) is 75.0 Å². The van der Waals surface area contributed by atoms with Crippen molar-refractivity contribution in [3.63, 3.8) is 0 Å². The van der Waals surface area contributed by atoms with Gasteiger partial charge in [-0.15, -0.1) is 0 Å². The van der Waals surface area contributed by atoms with Gasteiger partial charge in [0.2, 0.25) is 0 Å². The zero-order valence-electron chi connectivity index (χ0n) is 16.9. The standard InChI is InChI=1S/C22H32N2O2Si/c1-14(2)26-27(25-4)10-9-17-11-18-12-19(17)20-13-23-24-22(21(18)20)16-7-5-15(3)6-8-16/h5-8,13-14,17-19,21,23,27H,9-12H2,1-4H3. The Balaban J connectivity index is 1.43. The summed E-state index contributed by atoms with van der Waals surface area (Å²) in [5.74, 6) is 2.73. The largest absolute Gasteiger partial charge is 0.400 e. The average molecular weight is 385 g/mol. The molecule has 1 N–H and O–H groups in total. The number of fused-ring (bicyclic) bond motifs is 5. The molecule has 5 unspecified atom stereocenters. The quantitative estimate of drug-likeness (QED) is 0.719. The molecule has 146 valence electrons. The normalized spacial score (nSPS) is 30.0. The molecule has 3 aliphatic rings. The molecule has 2 bridgehead atoms. The third-order valence-electron chi connectivity index (χ3n) is 6.51. The molecule has 0 aromatic heterocycles. The van der Waals surface area contributed by atoms with Crippen LogP contribution in [-0.2, 0) is 8.85 Å². The highest BCUT2D eigenvalue weighted by molar-refractivity contribution is 6.44. The minimum Gasteiger partial charge on any atom is -0.400 e. The van der Waals surface area contributed by atoms with E-state index in [-0.39, 0.29) is 6.10 Å². The molecule has 1 aromatic rings. The molecule has 2 fully saturated rings. The molecular weight excluding hydrogens is 352 g/mol. The van der Waals surface area contributed by atoms with E-state index in [9.17, 15) is 0 Å². The Bertz CT molecular complexity index is 728. The van der Waals surface area contributed by atoms with Gasteiger partial charge in [0.05, 0.1) is 5.71 Å². The lowest BCUT2D eigenvalue weighted by Crippen LogP contribution is -2.33. The second-order valence-electron chi connectivity index (χ2n) is 8.64. The maximum absolute atomic E-state index is 6.00. The van der Waals surface area contributed by atoms with Crippen molar-refractivity contribution in [2.75, 3.05) is 7.11 Å². The Morgan fingerprint density at radius 3 is 2.70 bits per heavy atom. The van der Waals surface area contributed by atoms with Crippen LogP contribution in [0.3, 0.4) is 0 Å². The Kier molecular flexibility index (Phi) is 5.53. The number of nitrogens with zero attached hydrogens (tertiary/aromatic N) is 1. The highest BCUT2D eigenvalue weighted by Crippen LogP contribution is 2.57. The van der Waals surface area contributed by atoms with Crippen LogP contribution in [0.15, 0.2) is 41.1 Å². The lowest BCUT2D eigenvalue weighted by molar-refractivity contribution is 0.175. The van der Waals surface area contributed by atoms with Crippen molar-refractivity contribution in [3.8, 4) is 0 Å². The summed E-state index contributed by atoms with van der Waals surface area (Å²) in [6.45, 7) is 6.34. The summed E-state index contributed by atoms with van der Waals surface area (Å²) in [7, 11) is 0.299. The fourth-order valence-electron chi connectivity index (χ4n) is 5.36. The maximum Gasteiger partial charge on any atom is 0.321 e. The molecule has 0 saturated heterocycles. The summed E-state index contributed by atoms with van der Waals surface area (Å²) in [4.78, 5) is 0. The van der Waals surface area contributed by atoms with Crippen LogP contribution in [0.1, 0.15) is 44.2 Å². The predicted octanol–water partition coefficient (Wildman–Crippen LogP) is 4.14. The van der Waals surface area contributed by atoms with Crippen LogP contribution in [-0.4, -0.2) is 28.2 Å². The predicted molar refractivity (Wildman–Crippen MR) is 112 cm³/mol. The van der Waals surface area contributed by atoms with E-state index in [0.717, 1.165) is 17.9 Å². The number of hydrazone groups is 1. The number of rotatable bonds is 7. The van der Waals surface area contributed by atoms with Crippen molar-refractivity contribution in [1.29, 1.82) is 0 Å². The third-order valence-corrected chi connectivity index (χ3v) is 8.69. The summed E-state index contributed by atoms with van der Waals surface area (Å²) in [6, 6.07) is 9.94. The molecule has 5 heteroatoms. The Labute approximate surface area is 164 Å². The molecule has 4 nitrogen and oxygen atoms in total. The molecule has 1 heterocycles. The van der Waals surface area contributed by atoms with Gasteiger partial charge in [0.15, 0.2) is 0 Å². The number of nitrogens with one attached hydrogen (secondary N) is 1. The van der Waals surface area contributed by atoms with Crippen molar-refractivity contribution in [3.05, 3.63) is 47.2 Å². The van der Waals surface area contributed by atoms with Crippen LogP contribution in [0, 0.1) is 30.6 Å². The molecule has 0 radical (unpaired) electrons. The van der Waals surface area contributed by atoms with Crippen LogP contribution >= 0.6 is 0 Å². The van der Waals surface area contributed by atoms with Crippen molar-refractivity contribution in [2.24, 2.45) is 28.8 Å². The first-order valence-electron chi connectivity index (χ1n) is 10.3. The summed E-state index contributed by atoms with van der Waals surface area (Å²) in [5, 5.41) is 4.69. The number of benzene rings is 1. The first-order chi connectivity index (χ1) is 13.1. The number of aryl methyl sites for hydroxylation is 1. The molecule has 2 saturated carbocycles. The second-order valence-corrected chi connectivity index (χ2v) is 10.8. The maximum atomic E-state index is 6.00. The van der Waals surface area contributed by atoms with Gasteiger partial charge in [0.1, 0.15) is 0 Å². The van der Waals surface area contributed by atoms with Crippen LogP contribution in [0.5, 0.6) is 0 Å². The van der Waals surface area contributed by atoms with Gasteiger partial charge in [-0.3, -0.25) is 5.43 Å². The third kappa shape index (κ3) is 3.78. The second kappa shape index (κ2) is 7.90. The molecular formula is C22H32N2O2Si. The van der Waals surface area contributed by atoms with Gasteiger partial charge < -0.3 is 8.85 Å². The van der Waals surface area contributed by atoms with Gasteiger partial charge in [-0.25, -0.2) is 0 Å². The SMILES string of the molecule is CO[SiH](CCC1CC2CC1C1=CNN=C(c3ccc(C)cc3)C12)OC(C)C. The van der Waals surface area contributed by atoms with Crippen molar-refractivity contribution < 1.29 is 8.85 Å². The van der Waals surface area contributed by atoms with E-state index in [1.165, 1.54) is 36.1 Å². The van der Waals surface area contributed by atoms with Crippen molar-refractivity contribution in [1.82, 2.24) is 5.43 Å². The molecule has 0 amide bonds. The van der Waals surface area contributed by atoms with E-state index in [0.29, 0.717) is 11.8 Å². The topological polar surface area (TPSA) is 42.8 Å². The van der Waals surface area contributed by atoms with Gasteiger partial charge in [-0.2, -0.15) is 5.10 Å². The summed E-state index contributed by atoms with van der Waals surface area (Å²) in [5.41, 5.74) is 8.61. The van der Waals surface area contributed by atoms with Gasteiger partial charge >= 0.3 is 9.28 Å². The number of hydrogen-bond donors (Lipinski definition) is 1. The zero-order valence-corrected chi connectivity index (χ0v) is 18.1. The highest BCUT2D eigenvalue weighted by atomic mass is 28.3. The molecule has 27 heavy (non-hydrogen) atoms. The number of allylic oxidation sites excluding steroid dienone is 1.